The van der Waals surface area contributed by atoms with Gasteiger partial charge in [0.1, 0.15) is 5.75 Å². The molecule has 182 valence electrons. The molecule has 8 nitrogen and oxygen atoms in total. The van der Waals surface area contributed by atoms with Crippen molar-refractivity contribution in [2.75, 3.05) is 29.9 Å². The van der Waals surface area contributed by atoms with Crippen molar-refractivity contribution in [1.29, 1.82) is 0 Å². The van der Waals surface area contributed by atoms with Crippen molar-refractivity contribution < 1.29 is 9.90 Å². The molecule has 33 heavy (non-hydrogen) atoms. The molecule has 0 saturated heterocycles. The van der Waals surface area contributed by atoms with Crippen molar-refractivity contribution in [3.8, 4) is 5.75 Å². The molecule has 0 radical (unpaired) electrons. The topological polar surface area (TPSA) is 103 Å². The predicted octanol–water partition coefficient (Wildman–Crippen LogP) is 4.38. The smallest absolute Gasteiger partial charge is 0.251 e. The Labute approximate surface area is 198 Å². The standard InChI is InChI=1S/C25H40N6O2/c1-10-26-22-28-19(29-23(30-22)31(11-2)12-3)15-27-21(33)16-13-17(24(4,5)6)20(32)18(14-16)25(7,8)9/h13-14,32H,10-12,15H2,1-9H3,(H,27,33)(H,26,28,29,30). The molecule has 0 aliphatic rings. The number of hydrogen-bond acceptors (Lipinski definition) is 7. The summed E-state index contributed by atoms with van der Waals surface area (Å²) < 4.78 is 0. The summed E-state index contributed by atoms with van der Waals surface area (Å²) in [4.78, 5) is 28.7. The zero-order valence-corrected chi connectivity index (χ0v) is 21.6. The van der Waals surface area contributed by atoms with E-state index in [4.69, 9.17) is 0 Å². The number of benzene rings is 1. The average molecular weight is 457 g/mol. The van der Waals surface area contributed by atoms with Gasteiger partial charge in [-0.1, -0.05) is 41.5 Å². The lowest BCUT2D eigenvalue weighted by atomic mass is 9.78. The van der Waals surface area contributed by atoms with Crippen molar-refractivity contribution in [2.45, 2.75) is 79.7 Å². The number of aromatic nitrogens is 3. The Balaban J connectivity index is 2.37. The first-order chi connectivity index (χ1) is 15.3. The number of hydrogen-bond donors (Lipinski definition) is 3. The molecule has 1 aromatic carbocycles. The van der Waals surface area contributed by atoms with Gasteiger partial charge in [0, 0.05) is 36.3 Å². The van der Waals surface area contributed by atoms with E-state index in [1.54, 1.807) is 12.1 Å². The summed E-state index contributed by atoms with van der Waals surface area (Å²) in [6, 6.07) is 3.55. The highest BCUT2D eigenvalue weighted by molar-refractivity contribution is 5.95. The molecule has 0 atom stereocenters. The number of aromatic hydroxyl groups is 1. The van der Waals surface area contributed by atoms with Crippen LogP contribution in [0.25, 0.3) is 0 Å². The maximum absolute atomic E-state index is 13.1. The van der Waals surface area contributed by atoms with Gasteiger partial charge < -0.3 is 20.6 Å². The van der Waals surface area contributed by atoms with E-state index < -0.39 is 0 Å². The van der Waals surface area contributed by atoms with Gasteiger partial charge in [0.15, 0.2) is 5.82 Å². The van der Waals surface area contributed by atoms with E-state index in [9.17, 15) is 9.90 Å². The van der Waals surface area contributed by atoms with Crippen LogP contribution in [0, 0.1) is 0 Å². The summed E-state index contributed by atoms with van der Waals surface area (Å²) in [6.45, 7) is 20.6. The monoisotopic (exact) mass is 456 g/mol. The Morgan fingerprint density at radius 2 is 1.48 bits per heavy atom. The molecule has 0 unspecified atom stereocenters. The highest BCUT2D eigenvalue weighted by atomic mass is 16.3. The van der Waals surface area contributed by atoms with E-state index in [2.05, 4.69) is 25.6 Å². The molecular weight excluding hydrogens is 416 g/mol. The molecule has 2 rings (SSSR count). The second-order valence-corrected chi connectivity index (χ2v) is 10.2. The van der Waals surface area contributed by atoms with Gasteiger partial charge in [0.2, 0.25) is 11.9 Å². The largest absolute Gasteiger partial charge is 0.507 e. The van der Waals surface area contributed by atoms with E-state index in [0.29, 0.717) is 29.8 Å². The van der Waals surface area contributed by atoms with E-state index in [1.807, 2.05) is 67.2 Å². The molecule has 2 aromatic rings. The molecule has 1 heterocycles. The summed E-state index contributed by atoms with van der Waals surface area (Å²) in [7, 11) is 0. The molecule has 3 N–H and O–H groups in total. The number of carbonyl (C=O) groups excluding carboxylic acids is 1. The van der Waals surface area contributed by atoms with Gasteiger partial charge in [-0.05, 0) is 43.7 Å². The highest BCUT2D eigenvalue weighted by Crippen LogP contribution is 2.39. The van der Waals surface area contributed by atoms with Gasteiger partial charge in [-0.15, -0.1) is 0 Å². The Bertz CT molecular complexity index is 937. The predicted molar refractivity (Wildman–Crippen MR) is 134 cm³/mol. The van der Waals surface area contributed by atoms with Crippen LogP contribution < -0.4 is 15.5 Å². The highest BCUT2D eigenvalue weighted by Gasteiger charge is 2.28. The first-order valence-corrected chi connectivity index (χ1v) is 11.7. The number of phenolic OH excluding ortho intramolecular Hbond substituents is 1. The summed E-state index contributed by atoms with van der Waals surface area (Å²) in [5.41, 5.74) is 1.38. The minimum absolute atomic E-state index is 0.171. The molecule has 1 amide bonds. The van der Waals surface area contributed by atoms with Crippen LogP contribution >= 0.6 is 0 Å². The molecule has 0 bridgehead atoms. The van der Waals surface area contributed by atoms with Crippen molar-refractivity contribution in [3.05, 3.63) is 34.6 Å². The van der Waals surface area contributed by atoms with Gasteiger partial charge in [-0.2, -0.15) is 15.0 Å². The summed E-state index contributed by atoms with van der Waals surface area (Å²) in [6.07, 6.45) is 0. The molecule has 0 saturated carbocycles. The molecule has 0 spiro atoms. The normalized spacial score (nSPS) is 11.9. The summed E-state index contributed by atoms with van der Waals surface area (Å²) in [5, 5.41) is 17.0. The third-order valence-electron chi connectivity index (χ3n) is 5.45. The first kappa shape index (κ1) is 26.4. The first-order valence-electron chi connectivity index (χ1n) is 11.7. The van der Waals surface area contributed by atoms with Gasteiger partial charge in [-0.3, -0.25) is 4.79 Å². The summed E-state index contributed by atoms with van der Waals surface area (Å²) >= 11 is 0. The lowest BCUT2D eigenvalue weighted by Gasteiger charge is -2.28. The van der Waals surface area contributed by atoms with E-state index >= 15 is 0 Å². The number of carbonyl (C=O) groups is 1. The van der Waals surface area contributed by atoms with E-state index in [0.717, 1.165) is 24.2 Å². The number of rotatable bonds is 8. The van der Waals surface area contributed by atoms with E-state index in [1.165, 1.54) is 0 Å². The van der Waals surface area contributed by atoms with Gasteiger partial charge in [-0.25, -0.2) is 0 Å². The minimum Gasteiger partial charge on any atom is -0.507 e. The zero-order valence-electron chi connectivity index (χ0n) is 21.6. The lowest BCUT2D eigenvalue weighted by Crippen LogP contribution is -2.28. The van der Waals surface area contributed by atoms with Crippen LogP contribution in [0.5, 0.6) is 5.75 Å². The van der Waals surface area contributed by atoms with Crippen LogP contribution in [-0.4, -0.2) is 45.6 Å². The molecule has 8 heteroatoms. The van der Waals surface area contributed by atoms with Gasteiger partial charge >= 0.3 is 0 Å². The van der Waals surface area contributed by atoms with E-state index in [-0.39, 0.29) is 29.0 Å². The quantitative estimate of drug-likeness (QED) is 0.541. The summed E-state index contributed by atoms with van der Waals surface area (Å²) in [5.74, 6) is 1.59. The molecule has 1 aromatic heterocycles. The second-order valence-electron chi connectivity index (χ2n) is 10.2. The zero-order chi connectivity index (χ0) is 25.0. The Morgan fingerprint density at radius 1 is 0.939 bits per heavy atom. The SMILES string of the molecule is CCNc1nc(CNC(=O)c2cc(C(C)(C)C)c(O)c(C(C)(C)C)c2)nc(N(CC)CC)n1. The fraction of sp³-hybridized carbons (Fsp3) is 0.600. The molecule has 0 fully saturated rings. The minimum atomic E-state index is -0.312. The van der Waals surface area contributed by atoms with Gasteiger partial charge in [0.25, 0.3) is 5.91 Å². The average Bonchev–Trinajstić information content (AvgIpc) is 2.71. The fourth-order valence-corrected chi connectivity index (χ4v) is 3.54. The van der Waals surface area contributed by atoms with Crippen molar-refractivity contribution >= 4 is 17.8 Å². The van der Waals surface area contributed by atoms with Crippen LogP contribution in [0.15, 0.2) is 12.1 Å². The van der Waals surface area contributed by atoms with Crippen LogP contribution in [0.1, 0.15) is 89.6 Å². The van der Waals surface area contributed by atoms with Crippen molar-refractivity contribution in [1.82, 2.24) is 20.3 Å². The van der Waals surface area contributed by atoms with Crippen LogP contribution in [0.4, 0.5) is 11.9 Å². The Kier molecular flexibility index (Phi) is 8.27. The van der Waals surface area contributed by atoms with Crippen molar-refractivity contribution in [2.24, 2.45) is 0 Å². The number of phenols is 1. The molecular formula is C25H40N6O2. The number of nitrogens with zero attached hydrogens (tertiary/aromatic N) is 4. The van der Waals surface area contributed by atoms with Crippen LogP contribution in [0.2, 0.25) is 0 Å². The second kappa shape index (κ2) is 10.4. The number of amides is 1. The van der Waals surface area contributed by atoms with Crippen LogP contribution in [0.3, 0.4) is 0 Å². The fourth-order valence-electron chi connectivity index (χ4n) is 3.54. The maximum atomic E-state index is 13.1. The number of nitrogens with one attached hydrogen (secondary N) is 2. The number of anilines is 2. The lowest BCUT2D eigenvalue weighted by molar-refractivity contribution is 0.0949. The third-order valence-corrected chi connectivity index (χ3v) is 5.45. The van der Waals surface area contributed by atoms with Crippen molar-refractivity contribution in [3.63, 3.8) is 0 Å². The molecule has 0 aliphatic carbocycles. The Morgan fingerprint density at radius 3 is 1.94 bits per heavy atom. The van der Waals surface area contributed by atoms with Crippen LogP contribution in [-0.2, 0) is 17.4 Å². The molecule has 0 aliphatic heterocycles. The Hall–Kier alpha value is -2.90. The maximum Gasteiger partial charge on any atom is 0.251 e. The third kappa shape index (κ3) is 6.55. The van der Waals surface area contributed by atoms with Gasteiger partial charge in [0.05, 0.1) is 6.54 Å².